The first-order chi connectivity index (χ1) is 34.3. The van der Waals surface area contributed by atoms with Crippen LogP contribution >= 0.6 is 0 Å². The molecule has 13 rings (SSSR count). The lowest BCUT2D eigenvalue weighted by molar-refractivity contribution is 0.663. The molecule has 0 aliphatic rings. The number of anilines is 6. The Morgan fingerprint density at radius 1 is 0.314 bits per heavy atom. The van der Waals surface area contributed by atoms with Crippen molar-refractivity contribution in [3.63, 3.8) is 0 Å². The van der Waals surface area contributed by atoms with Crippen LogP contribution in [0.5, 0.6) is 0 Å². The fraction of sp³-hybridized carbons (Fsp3) is 0.0606. The van der Waals surface area contributed by atoms with Crippen LogP contribution in [0.2, 0.25) is 0 Å². The number of hydrogen-bond acceptors (Lipinski definition) is 4. The first kappa shape index (κ1) is 41.3. The lowest BCUT2D eigenvalue weighted by Gasteiger charge is -2.29. The Hall–Kier alpha value is -8.86. The third-order valence-electron chi connectivity index (χ3n) is 14.2. The molecule has 0 amide bonds. The van der Waals surface area contributed by atoms with Crippen LogP contribution < -0.4 is 9.80 Å². The smallest absolute Gasteiger partial charge is 0.147 e. The molecule has 13 aromatic rings. The van der Waals surface area contributed by atoms with E-state index in [0.29, 0.717) is 0 Å². The molecule has 0 unspecified atom stereocenters. The van der Waals surface area contributed by atoms with Crippen molar-refractivity contribution in [2.45, 2.75) is 27.7 Å². The van der Waals surface area contributed by atoms with E-state index in [-0.39, 0.29) is 0 Å². The van der Waals surface area contributed by atoms with Gasteiger partial charge in [-0.2, -0.15) is 0 Å². The van der Waals surface area contributed by atoms with Gasteiger partial charge in [-0.1, -0.05) is 139 Å². The van der Waals surface area contributed by atoms with Crippen molar-refractivity contribution in [3.05, 3.63) is 241 Å². The highest BCUT2D eigenvalue weighted by molar-refractivity contribution is 6.24. The zero-order valence-electron chi connectivity index (χ0n) is 39.5. The molecule has 11 aromatic carbocycles. The fourth-order valence-electron chi connectivity index (χ4n) is 10.6. The van der Waals surface area contributed by atoms with E-state index < -0.39 is 0 Å². The van der Waals surface area contributed by atoms with E-state index in [9.17, 15) is 0 Å². The number of aryl methyl sites for hydroxylation is 4. The first-order valence-electron chi connectivity index (χ1n) is 24.1. The molecular weight excluding hydrogens is 853 g/mol. The fourth-order valence-corrected chi connectivity index (χ4v) is 10.6. The summed E-state index contributed by atoms with van der Waals surface area (Å²) in [6.07, 6.45) is 0. The minimum Gasteiger partial charge on any atom is -0.456 e. The molecule has 4 heteroatoms. The lowest BCUT2D eigenvalue weighted by Crippen LogP contribution is -2.12. The highest BCUT2D eigenvalue weighted by Crippen LogP contribution is 2.46. The van der Waals surface area contributed by atoms with Gasteiger partial charge in [-0.25, -0.2) is 0 Å². The second-order valence-corrected chi connectivity index (χ2v) is 18.8. The summed E-state index contributed by atoms with van der Waals surface area (Å²) in [4.78, 5) is 4.79. The van der Waals surface area contributed by atoms with E-state index in [4.69, 9.17) is 8.83 Å². The quantitative estimate of drug-likeness (QED) is 0.152. The molecule has 0 aliphatic carbocycles. The molecule has 70 heavy (non-hydrogen) atoms. The number of hydrogen-bond donors (Lipinski definition) is 0. The third kappa shape index (κ3) is 6.91. The minimum atomic E-state index is 0.805. The number of fused-ring (bicyclic) bond motifs is 9. The summed E-state index contributed by atoms with van der Waals surface area (Å²) in [7, 11) is 0. The maximum Gasteiger partial charge on any atom is 0.147 e. The predicted molar refractivity (Wildman–Crippen MR) is 295 cm³/mol. The number of nitrogens with zero attached hydrogens (tertiary/aromatic N) is 2. The molecule has 2 heterocycles. The average molecular weight is 901 g/mol. The number of rotatable bonds is 8. The molecule has 0 aliphatic heterocycles. The topological polar surface area (TPSA) is 32.8 Å². The summed E-state index contributed by atoms with van der Waals surface area (Å²) in [6.45, 7) is 8.70. The Bertz CT molecular complexity index is 4180. The number of para-hydroxylation sites is 3. The predicted octanol–water partition coefficient (Wildman–Crippen LogP) is 19.3. The zero-order chi connectivity index (χ0) is 47.0. The van der Waals surface area contributed by atoms with Crippen molar-refractivity contribution in [2.75, 3.05) is 9.80 Å². The molecule has 0 saturated carbocycles. The molecule has 4 nitrogen and oxygen atoms in total. The van der Waals surface area contributed by atoms with Crippen molar-refractivity contribution in [3.8, 4) is 22.3 Å². The second-order valence-electron chi connectivity index (χ2n) is 18.8. The van der Waals surface area contributed by atoms with Crippen LogP contribution in [0.4, 0.5) is 34.1 Å². The minimum absolute atomic E-state index is 0.805. The molecule has 0 atom stereocenters. The van der Waals surface area contributed by atoms with Gasteiger partial charge in [0.1, 0.15) is 22.3 Å². The van der Waals surface area contributed by atoms with Gasteiger partial charge >= 0.3 is 0 Å². The van der Waals surface area contributed by atoms with Crippen LogP contribution in [0, 0.1) is 27.7 Å². The van der Waals surface area contributed by atoms with E-state index in [1.165, 1.54) is 44.5 Å². The van der Waals surface area contributed by atoms with Crippen LogP contribution in [-0.4, -0.2) is 0 Å². The van der Waals surface area contributed by atoms with Gasteiger partial charge in [0.25, 0.3) is 0 Å². The zero-order valence-corrected chi connectivity index (χ0v) is 39.5. The first-order valence-corrected chi connectivity index (χ1v) is 24.1. The standard InChI is InChI=1S/C66H48N2O2/c1-41-22-25-46(26-23-41)54-18-10-13-21-60(54)67(58-19-11-8-14-42(58)2)52-30-29-48-37-57-64(40-51(48)34-52)69-62-33-32-55-56-36-47-28-31-53(35-50(47)39-63(56)70-66(55)65(57)62)68(59-20-12-9-15-43(59)3)61-38-49(27-24-44(61)4)45-16-6-5-7-17-45/h5-40H,1-4H3. The van der Waals surface area contributed by atoms with Crippen molar-refractivity contribution in [1.82, 2.24) is 0 Å². The SMILES string of the molecule is Cc1ccc(-c2ccccc2N(c2ccc3cc4c(cc3c2)oc2ccc3c5cc6ccc(N(c7ccccc7C)c7cc(-c8ccccc8)ccc7C)cc6cc5oc3c24)c2ccccc2C)cc1. The van der Waals surface area contributed by atoms with E-state index >= 15 is 0 Å². The van der Waals surface area contributed by atoms with Gasteiger partial charge in [0.15, 0.2) is 0 Å². The van der Waals surface area contributed by atoms with Gasteiger partial charge in [0.2, 0.25) is 0 Å². The maximum absolute atomic E-state index is 6.96. The van der Waals surface area contributed by atoms with Crippen molar-refractivity contribution in [1.29, 1.82) is 0 Å². The van der Waals surface area contributed by atoms with Crippen LogP contribution in [0.3, 0.4) is 0 Å². The highest BCUT2D eigenvalue weighted by atomic mass is 16.3. The number of furan rings is 2. The second kappa shape index (κ2) is 16.4. The average Bonchev–Trinajstić information content (AvgIpc) is 3.94. The largest absolute Gasteiger partial charge is 0.456 e. The highest BCUT2D eigenvalue weighted by Gasteiger charge is 2.23. The molecule has 0 radical (unpaired) electrons. The Kier molecular flexibility index (Phi) is 9.70. The van der Waals surface area contributed by atoms with Gasteiger partial charge < -0.3 is 18.6 Å². The summed E-state index contributed by atoms with van der Waals surface area (Å²) < 4.78 is 13.7. The van der Waals surface area contributed by atoms with Gasteiger partial charge in [-0.05, 0) is 168 Å². The van der Waals surface area contributed by atoms with E-state index in [0.717, 1.165) is 99.5 Å². The molecule has 0 bridgehead atoms. The van der Waals surface area contributed by atoms with Crippen molar-refractivity contribution in [2.24, 2.45) is 0 Å². The lowest BCUT2D eigenvalue weighted by atomic mass is 9.99. The van der Waals surface area contributed by atoms with E-state index in [1.807, 2.05) is 0 Å². The molecule has 0 N–H and O–H groups in total. The summed E-state index contributed by atoms with van der Waals surface area (Å²) in [5.74, 6) is 0. The van der Waals surface area contributed by atoms with Crippen molar-refractivity contribution >= 4 is 99.5 Å². The van der Waals surface area contributed by atoms with Crippen molar-refractivity contribution < 1.29 is 8.83 Å². The molecule has 0 fully saturated rings. The van der Waals surface area contributed by atoms with E-state index in [2.05, 4.69) is 256 Å². The van der Waals surface area contributed by atoms with Gasteiger partial charge in [-0.15, -0.1) is 0 Å². The molecule has 334 valence electrons. The maximum atomic E-state index is 6.96. The molecule has 0 saturated heterocycles. The van der Waals surface area contributed by atoms with Crippen LogP contribution in [0.1, 0.15) is 22.3 Å². The van der Waals surface area contributed by atoms with E-state index in [1.54, 1.807) is 0 Å². The Balaban J connectivity index is 0.929. The summed E-state index contributed by atoms with van der Waals surface area (Å²) in [5.41, 5.74) is 19.6. The van der Waals surface area contributed by atoms with Crippen LogP contribution in [0.15, 0.2) is 227 Å². The third-order valence-corrected chi connectivity index (χ3v) is 14.2. The Morgan fingerprint density at radius 2 is 0.871 bits per heavy atom. The molecular formula is C66H48N2O2. The normalized spacial score (nSPS) is 11.7. The number of benzene rings is 11. The summed E-state index contributed by atoms with van der Waals surface area (Å²) in [6, 6.07) is 78.9. The Labute approximate surface area is 406 Å². The van der Waals surface area contributed by atoms with Gasteiger partial charge in [-0.3, -0.25) is 0 Å². The summed E-state index contributed by atoms with van der Waals surface area (Å²) in [5, 5.41) is 8.67. The van der Waals surface area contributed by atoms with Crippen LogP contribution in [0.25, 0.3) is 87.7 Å². The Morgan fingerprint density at radius 3 is 1.54 bits per heavy atom. The van der Waals surface area contributed by atoms with Gasteiger partial charge in [0, 0.05) is 50.2 Å². The monoisotopic (exact) mass is 900 g/mol. The molecule has 0 spiro atoms. The van der Waals surface area contributed by atoms with Gasteiger partial charge in [0.05, 0.1) is 11.1 Å². The van der Waals surface area contributed by atoms with Crippen LogP contribution in [-0.2, 0) is 0 Å². The summed E-state index contributed by atoms with van der Waals surface area (Å²) >= 11 is 0. The molecule has 2 aromatic heterocycles.